The molecule has 0 saturated heterocycles. The third kappa shape index (κ3) is 3.46. The fourth-order valence-corrected chi connectivity index (χ4v) is 2.71. The van der Waals surface area contributed by atoms with Crippen molar-refractivity contribution in [3.05, 3.63) is 45.6 Å². The number of alkyl halides is 2. The summed E-state index contributed by atoms with van der Waals surface area (Å²) in [7, 11) is 0. The van der Waals surface area contributed by atoms with Crippen molar-refractivity contribution in [1.29, 1.82) is 0 Å². The number of nitrogens with zero attached hydrogens (tertiary/aromatic N) is 2. The molecule has 0 radical (unpaired) electrons. The quantitative estimate of drug-likeness (QED) is 0.903. The van der Waals surface area contributed by atoms with Gasteiger partial charge in [0.2, 0.25) is 0 Å². The molecular weight excluding hydrogens is 306 g/mol. The second-order valence-corrected chi connectivity index (χ2v) is 5.52. The third-order valence-electron chi connectivity index (χ3n) is 3.80. The molecule has 2 aromatic heterocycles. The Balaban J connectivity index is 1.78. The van der Waals surface area contributed by atoms with Gasteiger partial charge in [0.1, 0.15) is 12.1 Å². The van der Waals surface area contributed by atoms with Gasteiger partial charge in [0.15, 0.2) is 0 Å². The fourth-order valence-electron chi connectivity index (χ4n) is 2.71. The van der Waals surface area contributed by atoms with Crippen molar-refractivity contribution in [3.63, 3.8) is 0 Å². The molecule has 1 amide bonds. The summed E-state index contributed by atoms with van der Waals surface area (Å²) in [5.41, 5.74) is 1.72. The molecular formula is C15H16F2N4O2. The minimum absolute atomic E-state index is 0.0206. The van der Waals surface area contributed by atoms with Gasteiger partial charge in [-0.1, -0.05) is 0 Å². The van der Waals surface area contributed by atoms with Crippen LogP contribution in [0.4, 0.5) is 14.5 Å². The zero-order valence-corrected chi connectivity index (χ0v) is 12.3. The van der Waals surface area contributed by atoms with Gasteiger partial charge >= 0.3 is 0 Å². The molecule has 0 aromatic carbocycles. The van der Waals surface area contributed by atoms with Crippen LogP contribution in [0.3, 0.4) is 0 Å². The molecule has 0 atom stereocenters. The number of H-pyrrole nitrogens is 1. The number of anilines is 1. The number of hydrogen-bond acceptors (Lipinski definition) is 3. The lowest BCUT2D eigenvalue weighted by molar-refractivity contribution is 0.102. The lowest BCUT2D eigenvalue weighted by atomic mass is 9.95. The molecule has 0 saturated carbocycles. The number of carbonyl (C=O) groups is 1. The lowest BCUT2D eigenvalue weighted by Crippen LogP contribution is -2.26. The van der Waals surface area contributed by atoms with Gasteiger partial charge in [-0.25, -0.2) is 8.78 Å². The van der Waals surface area contributed by atoms with E-state index in [0.29, 0.717) is 0 Å². The summed E-state index contributed by atoms with van der Waals surface area (Å²) in [5, 5.41) is 6.24. The van der Waals surface area contributed by atoms with Crippen LogP contribution >= 0.6 is 0 Å². The van der Waals surface area contributed by atoms with E-state index in [2.05, 4.69) is 15.4 Å². The third-order valence-corrected chi connectivity index (χ3v) is 3.80. The highest BCUT2D eigenvalue weighted by Gasteiger charge is 2.17. The maximum atomic E-state index is 12.3. The maximum absolute atomic E-state index is 12.3. The average Bonchev–Trinajstić information content (AvgIpc) is 2.92. The summed E-state index contributed by atoms with van der Waals surface area (Å²) in [6, 6.07) is 1.62. The minimum atomic E-state index is -2.53. The number of aryl methyl sites for hydroxylation is 2. The normalized spacial score (nSPS) is 13.9. The summed E-state index contributed by atoms with van der Waals surface area (Å²) in [4.78, 5) is 27.0. The Morgan fingerprint density at radius 1 is 1.39 bits per heavy atom. The van der Waals surface area contributed by atoms with E-state index in [9.17, 15) is 18.4 Å². The number of aromatic nitrogens is 3. The number of hydrogen-bond donors (Lipinski definition) is 2. The number of pyridine rings is 1. The molecule has 8 heteroatoms. The Kier molecular flexibility index (Phi) is 4.22. The molecule has 1 aliphatic rings. The summed E-state index contributed by atoms with van der Waals surface area (Å²) < 4.78 is 25.6. The topological polar surface area (TPSA) is 79.8 Å². The second kappa shape index (κ2) is 6.31. The highest BCUT2D eigenvalue weighted by molar-refractivity contribution is 6.04. The molecule has 2 N–H and O–H groups in total. The summed E-state index contributed by atoms with van der Waals surface area (Å²) >= 11 is 0. The SMILES string of the molecule is O=C(Nc1cnn(CC(F)F)c1)c1cc2c([nH]c1=O)CCCC2. The number of nitrogens with one attached hydrogen (secondary N) is 2. The molecule has 1 aliphatic carbocycles. The maximum Gasteiger partial charge on any atom is 0.261 e. The van der Waals surface area contributed by atoms with Crippen LogP contribution in [0.15, 0.2) is 23.3 Å². The molecule has 0 aliphatic heterocycles. The predicted molar refractivity (Wildman–Crippen MR) is 79.9 cm³/mol. The van der Waals surface area contributed by atoms with Crippen molar-refractivity contribution in [2.24, 2.45) is 0 Å². The summed E-state index contributed by atoms with van der Waals surface area (Å²) in [6.07, 6.45) is 3.75. The molecule has 0 bridgehead atoms. The van der Waals surface area contributed by atoms with Gasteiger partial charge in [0, 0.05) is 11.9 Å². The number of halogens is 2. The highest BCUT2D eigenvalue weighted by atomic mass is 19.3. The van der Waals surface area contributed by atoms with Crippen LogP contribution in [-0.2, 0) is 19.4 Å². The van der Waals surface area contributed by atoms with Crippen LogP contribution in [0.1, 0.15) is 34.5 Å². The van der Waals surface area contributed by atoms with E-state index in [-0.39, 0.29) is 11.3 Å². The largest absolute Gasteiger partial charge is 0.325 e. The Morgan fingerprint density at radius 2 is 2.17 bits per heavy atom. The van der Waals surface area contributed by atoms with Crippen LogP contribution in [-0.4, -0.2) is 27.1 Å². The number of rotatable bonds is 4. The molecule has 0 fully saturated rings. The van der Waals surface area contributed by atoms with Gasteiger partial charge in [-0.3, -0.25) is 14.3 Å². The Hall–Kier alpha value is -2.51. The van der Waals surface area contributed by atoms with Crippen molar-refractivity contribution in [2.45, 2.75) is 38.7 Å². The molecule has 6 nitrogen and oxygen atoms in total. The molecule has 23 heavy (non-hydrogen) atoms. The molecule has 2 heterocycles. The van der Waals surface area contributed by atoms with Gasteiger partial charge in [-0.2, -0.15) is 5.10 Å². The molecule has 0 spiro atoms. The Morgan fingerprint density at radius 3 is 2.96 bits per heavy atom. The van der Waals surface area contributed by atoms with Gasteiger partial charge in [-0.15, -0.1) is 0 Å². The lowest BCUT2D eigenvalue weighted by Gasteiger charge is -2.15. The van der Waals surface area contributed by atoms with Crippen molar-refractivity contribution < 1.29 is 13.6 Å². The monoisotopic (exact) mass is 322 g/mol. The molecule has 2 aromatic rings. The van der Waals surface area contributed by atoms with Gasteiger partial charge in [0.25, 0.3) is 17.9 Å². The summed E-state index contributed by atoms with van der Waals surface area (Å²) in [5.74, 6) is -0.573. The highest BCUT2D eigenvalue weighted by Crippen LogP contribution is 2.19. The number of carbonyl (C=O) groups excluding carboxylic acids is 1. The Bertz CT molecular complexity index is 782. The first-order chi connectivity index (χ1) is 11.0. The number of fused-ring (bicyclic) bond motifs is 1. The van der Waals surface area contributed by atoms with Crippen LogP contribution < -0.4 is 10.9 Å². The van der Waals surface area contributed by atoms with E-state index in [4.69, 9.17) is 0 Å². The minimum Gasteiger partial charge on any atom is -0.325 e. The molecule has 122 valence electrons. The van der Waals surface area contributed by atoms with Crippen LogP contribution in [0, 0.1) is 0 Å². The standard InChI is InChI=1S/C15H16F2N4O2/c16-13(17)8-21-7-10(6-18-21)19-14(22)11-5-9-3-1-2-4-12(9)20-15(11)23/h5-7,13H,1-4,8H2,(H,19,22)(H,20,23). The second-order valence-electron chi connectivity index (χ2n) is 5.52. The first-order valence-corrected chi connectivity index (χ1v) is 7.40. The van der Waals surface area contributed by atoms with Crippen molar-refractivity contribution >= 4 is 11.6 Å². The van der Waals surface area contributed by atoms with Crippen molar-refractivity contribution in [3.8, 4) is 0 Å². The van der Waals surface area contributed by atoms with Gasteiger partial charge < -0.3 is 10.3 Å². The smallest absolute Gasteiger partial charge is 0.261 e. The average molecular weight is 322 g/mol. The van der Waals surface area contributed by atoms with E-state index in [0.717, 1.165) is 41.6 Å². The number of amides is 1. The van der Waals surface area contributed by atoms with Gasteiger partial charge in [-0.05, 0) is 37.3 Å². The number of aromatic amines is 1. The van der Waals surface area contributed by atoms with E-state index in [1.165, 1.54) is 12.4 Å². The van der Waals surface area contributed by atoms with Crippen LogP contribution in [0.5, 0.6) is 0 Å². The molecule has 3 rings (SSSR count). The van der Waals surface area contributed by atoms with E-state index in [1.807, 2.05) is 0 Å². The van der Waals surface area contributed by atoms with E-state index in [1.54, 1.807) is 6.07 Å². The zero-order valence-electron chi connectivity index (χ0n) is 12.3. The van der Waals surface area contributed by atoms with Crippen LogP contribution in [0.2, 0.25) is 0 Å². The predicted octanol–water partition coefficient (Wildman–Crippen LogP) is 1.97. The van der Waals surface area contributed by atoms with Gasteiger partial charge in [0.05, 0.1) is 11.9 Å². The fraction of sp³-hybridized carbons (Fsp3) is 0.400. The first-order valence-electron chi connectivity index (χ1n) is 7.40. The van der Waals surface area contributed by atoms with E-state index >= 15 is 0 Å². The molecule has 0 unspecified atom stereocenters. The van der Waals surface area contributed by atoms with Crippen molar-refractivity contribution in [2.75, 3.05) is 5.32 Å². The van der Waals surface area contributed by atoms with Crippen molar-refractivity contribution in [1.82, 2.24) is 14.8 Å². The summed E-state index contributed by atoms with van der Waals surface area (Å²) in [6.45, 7) is -0.546. The van der Waals surface area contributed by atoms with Crippen LogP contribution in [0.25, 0.3) is 0 Å². The Labute approximate surface area is 130 Å². The first kappa shape index (κ1) is 15.4. The zero-order chi connectivity index (χ0) is 16.4. The van der Waals surface area contributed by atoms with E-state index < -0.39 is 24.4 Å².